The summed E-state index contributed by atoms with van der Waals surface area (Å²) in [5, 5.41) is 0.00636. The summed E-state index contributed by atoms with van der Waals surface area (Å²) >= 11 is 5.85. The second-order valence-electron chi connectivity index (χ2n) is 4.73. The average Bonchev–Trinajstić information content (AvgIpc) is 2.36. The Kier molecular flexibility index (Phi) is 4.23. The maximum atomic E-state index is 13.5. The van der Waals surface area contributed by atoms with Crippen molar-refractivity contribution in [2.45, 2.75) is 16.7 Å². The van der Waals surface area contributed by atoms with Crippen LogP contribution in [0.4, 0.5) is 10.1 Å². The van der Waals surface area contributed by atoms with Crippen molar-refractivity contribution in [3.8, 4) is 0 Å². The van der Waals surface area contributed by atoms with Crippen LogP contribution in [0.25, 0.3) is 0 Å². The van der Waals surface area contributed by atoms with Crippen LogP contribution < -0.4 is 11.5 Å². The van der Waals surface area contributed by atoms with Crippen LogP contribution in [0.5, 0.6) is 0 Å². The fraction of sp³-hybridized carbons (Fsp3) is 0.0714. The molecule has 2 aromatic carbocycles. The normalized spacial score (nSPS) is 11.5. The van der Waals surface area contributed by atoms with Crippen LogP contribution in [0, 0.1) is 12.7 Å². The highest BCUT2D eigenvalue weighted by atomic mass is 35.5. The number of nitrogens with two attached hydrogens (primary N) is 1. The number of carbonyl (C=O) groups excluding carboxylic acids is 1. The molecule has 0 aromatic heterocycles. The van der Waals surface area contributed by atoms with E-state index in [-0.39, 0.29) is 26.1 Å². The van der Waals surface area contributed by atoms with E-state index in [1.807, 2.05) is 0 Å². The van der Waals surface area contributed by atoms with Crippen molar-refractivity contribution >= 4 is 33.0 Å². The molecule has 0 saturated heterocycles. The SMILES string of the molecule is Cc1cc(F)cc(S(=O)(=O)c2ccc(Cl)c(C([NH3+])=O)c2N)c1. The molecule has 0 saturated carbocycles. The molecule has 0 fully saturated rings. The molecule has 0 bridgehead atoms. The van der Waals surface area contributed by atoms with Crippen molar-refractivity contribution in [1.29, 1.82) is 0 Å². The van der Waals surface area contributed by atoms with Gasteiger partial charge >= 0.3 is 5.91 Å². The highest BCUT2D eigenvalue weighted by Gasteiger charge is 2.26. The predicted molar refractivity (Wildman–Crippen MR) is 79.7 cm³/mol. The summed E-state index contributed by atoms with van der Waals surface area (Å²) in [6, 6.07) is 5.84. The fourth-order valence-corrected chi connectivity index (χ4v) is 3.85. The van der Waals surface area contributed by atoms with E-state index in [0.717, 1.165) is 6.07 Å². The highest BCUT2D eigenvalue weighted by molar-refractivity contribution is 7.91. The molecule has 5 nitrogen and oxygen atoms in total. The number of benzene rings is 2. The number of rotatable bonds is 3. The largest absolute Gasteiger partial charge is 0.397 e. The van der Waals surface area contributed by atoms with Gasteiger partial charge < -0.3 is 5.73 Å². The summed E-state index contributed by atoms with van der Waals surface area (Å²) in [4.78, 5) is 10.9. The van der Waals surface area contributed by atoms with Gasteiger partial charge in [-0.05, 0) is 42.8 Å². The molecular weight excluding hydrogens is 331 g/mol. The van der Waals surface area contributed by atoms with E-state index in [4.69, 9.17) is 17.3 Å². The van der Waals surface area contributed by atoms with Crippen LogP contribution in [0.1, 0.15) is 15.9 Å². The Balaban J connectivity index is 2.75. The quantitative estimate of drug-likeness (QED) is 0.825. The molecule has 116 valence electrons. The maximum Gasteiger partial charge on any atom is 0.344 e. The van der Waals surface area contributed by atoms with Gasteiger partial charge in [0.15, 0.2) is 0 Å². The lowest BCUT2D eigenvalue weighted by atomic mass is 10.1. The number of hydrogen-bond acceptors (Lipinski definition) is 4. The van der Waals surface area contributed by atoms with E-state index >= 15 is 0 Å². The van der Waals surface area contributed by atoms with Crippen molar-refractivity contribution in [2.24, 2.45) is 0 Å². The Morgan fingerprint density at radius 2 is 1.91 bits per heavy atom. The molecule has 0 spiro atoms. The first-order valence-corrected chi connectivity index (χ1v) is 7.97. The maximum absolute atomic E-state index is 13.5. The number of sulfone groups is 1. The van der Waals surface area contributed by atoms with Gasteiger partial charge in [-0.2, -0.15) is 0 Å². The van der Waals surface area contributed by atoms with Crippen molar-refractivity contribution in [3.05, 3.63) is 52.3 Å². The number of quaternary nitrogens is 1. The topological polar surface area (TPSA) is 105 Å². The van der Waals surface area contributed by atoms with Gasteiger partial charge in [-0.25, -0.2) is 17.6 Å². The smallest absolute Gasteiger partial charge is 0.344 e. The lowest BCUT2D eigenvalue weighted by molar-refractivity contribution is -0.254. The Hall–Kier alpha value is -1.96. The predicted octanol–water partition coefficient (Wildman–Crippen LogP) is 1.58. The summed E-state index contributed by atoms with van der Waals surface area (Å²) in [6.07, 6.45) is 0. The lowest BCUT2D eigenvalue weighted by Crippen LogP contribution is -2.57. The fourth-order valence-electron chi connectivity index (χ4n) is 2.08. The van der Waals surface area contributed by atoms with E-state index < -0.39 is 21.6 Å². The third-order valence-electron chi connectivity index (χ3n) is 3.05. The van der Waals surface area contributed by atoms with Crippen molar-refractivity contribution in [1.82, 2.24) is 0 Å². The Labute approximate surface area is 131 Å². The van der Waals surface area contributed by atoms with Crippen LogP contribution in [0.15, 0.2) is 40.1 Å². The van der Waals surface area contributed by atoms with E-state index in [2.05, 4.69) is 5.73 Å². The molecule has 22 heavy (non-hydrogen) atoms. The van der Waals surface area contributed by atoms with E-state index in [0.29, 0.717) is 5.56 Å². The van der Waals surface area contributed by atoms with Crippen LogP contribution in [-0.2, 0) is 9.84 Å². The second-order valence-corrected chi connectivity index (χ2v) is 7.05. The second kappa shape index (κ2) is 5.68. The van der Waals surface area contributed by atoms with Gasteiger partial charge in [0.25, 0.3) is 0 Å². The summed E-state index contributed by atoms with van der Waals surface area (Å²) in [5.41, 5.74) is 8.94. The number of halogens is 2. The molecule has 5 N–H and O–H groups in total. The molecule has 0 unspecified atom stereocenters. The molecular formula is C14H13ClFN2O3S+. The Morgan fingerprint density at radius 1 is 1.27 bits per heavy atom. The minimum absolute atomic E-state index is 0.00636. The first kappa shape index (κ1) is 16.4. The van der Waals surface area contributed by atoms with Crippen LogP contribution in [0.2, 0.25) is 5.02 Å². The molecule has 2 aromatic rings. The van der Waals surface area contributed by atoms with Crippen molar-refractivity contribution in [2.75, 3.05) is 5.73 Å². The van der Waals surface area contributed by atoms with Crippen LogP contribution in [-0.4, -0.2) is 14.3 Å². The van der Waals surface area contributed by atoms with Crippen LogP contribution in [0.3, 0.4) is 0 Å². The standard InChI is InChI=1S/C14H12ClFN2O3S/c1-7-4-8(16)6-9(5-7)22(20,21)11-3-2-10(15)12(13(11)17)14(18)19/h2-6H,17H2,1H3,(H2,18,19)/p+1. The Morgan fingerprint density at radius 3 is 2.45 bits per heavy atom. The van der Waals surface area contributed by atoms with E-state index in [1.165, 1.54) is 24.3 Å². The van der Waals surface area contributed by atoms with Crippen molar-refractivity contribution in [3.63, 3.8) is 0 Å². The monoisotopic (exact) mass is 343 g/mol. The zero-order valence-corrected chi connectivity index (χ0v) is 13.1. The summed E-state index contributed by atoms with van der Waals surface area (Å²) < 4.78 is 38.7. The zero-order valence-electron chi connectivity index (χ0n) is 11.6. The zero-order chi connectivity index (χ0) is 16.7. The highest BCUT2D eigenvalue weighted by Crippen LogP contribution is 2.32. The molecule has 2 rings (SSSR count). The molecule has 0 heterocycles. The van der Waals surface area contributed by atoms with E-state index in [1.54, 1.807) is 6.92 Å². The third-order valence-corrected chi connectivity index (χ3v) is 5.16. The summed E-state index contributed by atoms with van der Waals surface area (Å²) in [6.45, 7) is 1.57. The van der Waals surface area contributed by atoms with Gasteiger partial charge in [0.05, 0.1) is 20.5 Å². The number of anilines is 1. The van der Waals surface area contributed by atoms with Gasteiger partial charge in [-0.15, -0.1) is 0 Å². The number of hydrogen-bond donors (Lipinski definition) is 2. The van der Waals surface area contributed by atoms with Gasteiger partial charge in [0, 0.05) is 0 Å². The molecule has 0 aliphatic heterocycles. The van der Waals surface area contributed by atoms with Gasteiger partial charge in [0.1, 0.15) is 11.4 Å². The van der Waals surface area contributed by atoms with Gasteiger partial charge in [0.2, 0.25) is 9.84 Å². The molecule has 0 aliphatic rings. The molecule has 0 aliphatic carbocycles. The average molecular weight is 344 g/mol. The van der Waals surface area contributed by atoms with Gasteiger partial charge in [-0.1, -0.05) is 11.6 Å². The summed E-state index contributed by atoms with van der Waals surface area (Å²) in [7, 11) is -4.09. The number of carbonyl (C=O) groups is 1. The first-order chi connectivity index (χ1) is 10.1. The number of amides is 1. The summed E-state index contributed by atoms with van der Waals surface area (Å²) in [5.74, 6) is -1.38. The van der Waals surface area contributed by atoms with Gasteiger partial charge in [-0.3, -0.25) is 5.73 Å². The number of aryl methyl sites for hydroxylation is 1. The van der Waals surface area contributed by atoms with Crippen LogP contribution >= 0.6 is 11.6 Å². The number of nitrogen functional groups attached to an aromatic ring is 1. The third kappa shape index (κ3) is 2.83. The minimum Gasteiger partial charge on any atom is -0.397 e. The van der Waals surface area contributed by atoms with E-state index in [9.17, 15) is 17.6 Å². The molecule has 8 heteroatoms. The Bertz CT molecular complexity index is 862. The first-order valence-electron chi connectivity index (χ1n) is 6.11. The lowest BCUT2D eigenvalue weighted by Gasteiger charge is -2.11. The molecule has 0 atom stereocenters. The molecule has 0 radical (unpaired) electrons. The van der Waals surface area contributed by atoms with Crippen molar-refractivity contribution < 1.29 is 23.3 Å². The minimum atomic E-state index is -4.09. The molecule has 1 amide bonds.